The summed E-state index contributed by atoms with van der Waals surface area (Å²) in [5.74, 6) is 2.37. The first-order valence-electron chi connectivity index (χ1n) is 5.70. The molecule has 0 aromatic carbocycles. The number of hydrogen-bond acceptors (Lipinski definition) is 5. The molecule has 0 aromatic rings. The van der Waals surface area contributed by atoms with Crippen LogP contribution in [0.1, 0.15) is 6.42 Å². The molecule has 0 aliphatic carbocycles. The number of rotatable bonds is 13. The van der Waals surface area contributed by atoms with Gasteiger partial charge in [-0.1, -0.05) is 5.92 Å². The summed E-state index contributed by atoms with van der Waals surface area (Å²) in [7, 11) is 0. The maximum absolute atomic E-state index is 10.6. The van der Waals surface area contributed by atoms with Crippen molar-refractivity contribution in [3.63, 3.8) is 0 Å². The predicted octanol–water partition coefficient (Wildman–Crippen LogP) is 1.04. The van der Waals surface area contributed by atoms with Crippen molar-refractivity contribution in [2.24, 2.45) is 0 Å². The molecule has 0 aliphatic heterocycles. The zero-order valence-corrected chi connectivity index (χ0v) is 12.5. The number of halogens is 1. The summed E-state index contributed by atoms with van der Waals surface area (Å²) in [5.41, 5.74) is 0. The minimum Gasteiger partial charge on any atom is -0.379 e. The topological polar surface area (TPSA) is 54.0 Å². The highest BCUT2D eigenvalue weighted by atomic mass is 127. The average molecular weight is 370 g/mol. The first-order chi connectivity index (χ1) is 8.77. The van der Waals surface area contributed by atoms with Crippen molar-refractivity contribution in [3.8, 4) is 12.3 Å². The van der Waals surface area contributed by atoms with Gasteiger partial charge in [0.1, 0.15) is 6.61 Å². The predicted molar refractivity (Wildman–Crippen MR) is 75.8 cm³/mol. The normalized spacial score (nSPS) is 10.2. The lowest BCUT2D eigenvalue weighted by molar-refractivity contribution is -0.110. The minimum absolute atomic E-state index is 0.106. The van der Waals surface area contributed by atoms with Crippen LogP contribution in [0.2, 0.25) is 0 Å². The lowest BCUT2D eigenvalue weighted by Gasteiger charge is -2.06. The van der Waals surface area contributed by atoms with Crippen molar-refractivity contribution in [1.29, 1.82) is 0 Å². The minimum atomic E-state index is 0.106. The average Bonchev–Trinajstić information content (AvgIpc) is 2.34. The third-order valence-electron chi connectivity index (χ3n) is 1.74. The summed E-state index contributed by atoms with van der Waals surface area (Å²) < 4.78 is 20.8. The van der Waals surface area contributed by atoms with Gasteiger partial charge in [0.25, 0.3) is 0 Å². The second-order valence-electron chi connectivity index (χ2n) is 3.20. The van der Waals surface area contributed by atoms with Gasteiger partial charge in [0, 0.05) is 6.42 Å². The fraction of sp³-hybridized carbons (Fsp3) is 0.750. The van der Waals surface area contributed by atoms with E-state index < -0.39 is 0 Å². The fourth-order valence-electron chi connectivity index (χ4n) is 0.943. The van der Waals surface area contributed by atoms with Crippen LogP contribution in [0, 0.1) is 12.3 Å². The maximum Gasteiger partial charge on any atom is 0.194 e. The Kier molecular flexibility index (Phi) is 14.7. The van der Waals surface area contributed by atoms with E-state index in [2.05, 4.69) is 5.92 Å². The van der Waals surface area contributed by atoms with Crippen LogP contribution >= 0.6 is 22.6 Å². The van der Waals surface area contributed by atoms with Crippen LogP contribution in [0.4, 0.5) is 0 Å². The van der Waals surface area contributed by atoms with Crippen molar-refractivity contribution in [2.45, 2.75) is 6.42 Å². The van der Waals surface area contributed by atoms with E-state index in [1.54, 1.807) is 22.6 Å². The maximum atomic E-state index is 10.6. The number of terminal acetylenes is 1. The van der Waals surface area contributed by atoms with Crippen LogP contribution in [0.15, 0.2) is 0 Å². The molecule has 0 radical (unpaired) electrons. The molecule has 5 nitrogen and oxygen atoms in total. The Labute approximate surface area is 122 Å². The highest BCUT2D eigenvalue weighted by Gasteiger charge is 1.95. The van der Waals surface area contributed by atoms with Crippen molar-refractivity contribution in [3.05, 3.63) is 0 Å². The van der Waals surface area contributed by atoms with E-state index in [1.165, 1.54) is 0 Å². The van der Waals surface area contributed by atoms with Crippen LogP contribution in [0.5, 0.6) is 0 Å². The monoisotopic (exact) mass is 370 g/mol. The molecule has 0 amide bonds. The summed E-state index contributed by atoms with van der Waals surface area (Å²) in [4.78, 5) is 10.6. The fourth-order valence-corrected chi connectivity index (χ4v) is 1.16. The Balaban J connectivity index is 2.95. The Bertz CT molecular complexity index is 239. The van der Waals surface area contributed by atoms with E-state index >= 15 is 0 Å². The van der Waals surface area contributed by atoms with Gasteiger partial charge in [-0.2, -0.15) is 0 Å². The molecule has 0 bridgehead atoms. The third-order valence-corrected chi connectivity index (χ3v) is 2.28. The van der Waals surface area contributed by atoms with E-state index in [0.717, 1.165) is 0 Å². The van der Waals surface area contributed by atoms with Gasteiger partial charge in [-0.15, -0.1) is 6.42 Å². The molecule has 104 valence electrons. The summed E-state index contributed by atoms with van der Waals surface area (Å²) in [6.07, 6.45) is 5.45. The molecular weight excluding hydrogens is 351 g/mol. The summed E-state index contributed by atoms with van der Waals surface area (Å²) in [5, 5.41) is 0. The van der Waals surface area contributed by atoms with Gasteiger partial charge in [-0.05, 0) is 22.6 Å². The smallest absolute Gasteiger partial charge is 0.194 e. The van der Waals surface area contributed by atoms with Gasteiger partial charge in [-0.3, -0.25) is 4.79 Å². The lowest BCUT2D eigenvalue weighted by Crippen LogP contribution is -2.12. The molecule has 0 spiro atoms. The number of carbonyl (C=O) groups excluding carboxylic acids is 1. The van der Waals surface area contributed by atoms with Gasteiger partial charge in [0.2, 0.25) is 0 Å². The van der Waals surface area contributed by atoms with E-state index in [9.17, 15) is 4.79 Å². The molecular formula is C12H19IO5. The molecule has 0 aromatic heterocycles. The molecule has 0 saturated carbocycles. The zero-order valence-electron chi connectivity index (χ0n) is 10.4. The Hall–Kier alpha value is -0.200. The van der Waals surface area contributed by atoms with Crippen LogP contribution in [0.25, 0.3) is 0 Å². The second-order valence-corrected chi connectivity index (χ2v) is 4.40. The molecule has 6 heteroatoms. The zero-order chi connectivity index (χ0) is 13.5. The second kappa shape index (κ2) is 14.9. The lowest BCUT2D eigenvalue weighted by atomic mass is 10.5. The van der Waals surface area contributed by atoms with Crippen molar-refractivity contribution < 1.29 is 23.7 Å². The van der Waals surface area contributed by atoms with Crippen LogP contribution < -0.4 is 0 Å². The standard InChI is InChI=1S/C12H19IO5/c1-2-4-15-6-8-17-10-11-18-9-7-16-5-3-12(13)14/h1H,3-11H2. The quantitative estimate of drug-likeness (QED) is 0.210. The van der Waals surface area contributed by atoms with Crippen LogP contribution in [-0.2, 0) is 23.7 Å². The van der Waals surface area contributed by atoms with Crippen molar-refractivity contribution >= 4 is 26.4 Å². The molecule has 0 heterocycles. The molecule has 0 rings (SSSR count). The van der Waals surface area contributed by atoms with Crippen molar-refractivity contribution in [1.82, 2.24) is 0 Å². The number of ether oxygens (including phenoxy) is 4. The SMILES string of the molecule is C#CCOCCOCCOCCOCCC(=O)I. The third kappa shape index (κ3) is 15.8. The van der Waals surface area contributed by atoms with Gasteiger partial charge in [0.15, 0.2) is 3.79 Å². The largest absolute Gasteiger partial charge is 0.379 e. The molecule has 0 saturated heterocycles. The van der Waals surface area contributed by atoms with Crippen molar-refractivity contribution in [2.75, 3.05) is 52.9 Å². The Morgan fingerprint density at radius 2 is 1.33 bits per heavy atom. The van der Waals surface area contributed by atoms with E-state index in [-0.39, 0.29) is 3.79 Å². The van der Waals surface area contributed by atoms with Gasteiger partial charge in [-0.25, -0.2) is 0 Å². The van der Waals surface area contributed by atoms with E-state index in [1.807, 2.05) is 0 Å². The van der Waals surface area contributed by atoms with Gasteiger partial charge >= 0.3 is 0 Å². The molecule has 0 unspecified atom stereocenters. The molecule has 0 aliphatic rings. The highest BCUT2D eigenvalue weighted by molar-refractivity contribution is 14.1. The van der Waals surface area contributed by atoms with E-state index in [4.69, 9.17) is 25.4 Å². The molecule has 0 N–H and O–H groups in total. The first kappa shape index (κ1) is 17.8. The first-order valence-corrected chi connectivity index (χ1v) is 6.78. The molecule has 0 atom stereocenters. The van der Waals surface area contributed by atoms with Gasteiger partial charge in [0.05, 0.1) is 46.2 Å². The Morgan fingerprint density at radius 1 is 0.889 bits per heavy atom. The number of carbonyl (C=O) groups is 1. The van der Waals surface area contributed by atoms with Crippen LogP contribution in [-0.4, -0.2) is 56.6 Å². The molecule has 18 heavy (non-hydrogen) atoms. The summed E-state index contributed by atoms with van der Waals surface area (Å²) in [6, 6.07) is 0. The number of hydrogen-bond donors (Lipinski definition) is 0. The molecule has 0 fully saturated rings. The summed E-state index contributed by atoms with van der Waals surface area (Å²) >= 11 is 1.75. The van der Waals surface area contributed by atoms with Gasteiger partial charge < -0.3 is 18.9 Å². The summed E-state index contributed by atoms with van der Waals surface area (Å²) in [6.45, 7) is 3.82. The van der Waals surface area contributed by atoms with Crippen LogP contribution in [0.3, 0.4) is 0 Å². The highest BCUT2D eigenvalue weighted by Crippen LogP contribution is 1.92. The van der Waals surface area contributed by atoms with E-state index in [0.29, 0.717) is 59.3 Å². The Morgan fingerprint density at radius 3 is 1.78 bits per heavy atom.